The van der Waals surface area contributed by atoms with Crippen LogP contribution >= 0.6 is 11.6 Å². The summed E-state index contributed by atoms with van der Waals surface area (Å²) in [5, 5.41) is 2.94. The molecule has 1 fully saturated rings. The third-order valence-corrected chi connectivity index (χ3v) is 3.99. The number of rotatable bonds is 3. The second-order valence-electron chi connectivity index (χ2n) is 6.05. The number of likely N-dealkylation sites (tertiary alicyclic amines) is 1. The number of nitrogens with zero attached hydrogens (tertiary/aromatic N) is 2. The second kappa shape index (κ2) is 6.65. The number of aryl methyl sites for hydroxylation is 1. The minimum atomic E-state index is -4.59. The summed E-state index contributed by atoms with van der Waals surface area (Å²) in [6, 6.07) is 1.34. The number of nitrogens with one attached hydrogen (secondary N) is 1. The third kappa shape index (κ3) is 4.14. The zero-order valence-electron chi connectivity index (χ0n) is 13.2. The van der Waals surface area contributed by atoms with Gasteiger partial charge in [-0.15, -0.1) is 0 Å². The molecule has 1 aromatic rings. The highest BCUT2D eigenvalue weighted by molar-refractivity contribution is 6.32. The molecular weight excluding hydrogens is 331 g/mol. The average molecular weight is 350 g/mol. The summed E-state index contributed by atoms with van der Waals surface area (Å²) >= 11 is 5.86. The summed E-state index contributed by atoms with van der Waals surface area (Å²) in [5.74, 6) is -0.373. The van der Waals surface area contributed by atoms with E-state index in [-0.39, 0.29) is 23.1 Å². The molecule has 2 rings (SSSR count). The molecule has 1 aromatic heterocycles. The average Bonchev–Trinajstić information content (AvgIpc) is 2.84. The number of pyridine rings is 1. The minimum Gasteiger partial charge on any atom is -0.337 e. The van der Waals surface area contributed by atoms with Crippen LogP contribution in [-0.4, -0.2) is 41.0 Å². The summed E-state index contributed by atoms with van der Waals surface area (Å²) in [6.45, 7) is 6.53. The molecule has 1 aliphatic rings. The predicted molar refractivity (Wildman–Crippen MR) is 81.6 cm³/mol. The maximum Gasteiger partial charge on any atom is 0.433 e. The molecule has 1 amide bonds. The number of carbonyl (C=O) groups is 1. The quantitative estimate of drug-likeness (QED) is 0.852. The lowest BCUT2D eigenvalue weighted by atomic mass is 10.1. The van der Waals surface area contributed by atoms with Crippen molar-refractivity contribution >= 4 is 17.5 Å². The molecule has 128 valence electrons. The molecule has 8 heteroatoms. The molecule has 0 radical (unpaired) electrons. The van der Waals surface area contributed by atoms with E-state index in [1.54, 1.807) is 4.90 Å². The Morgan fingerprint density at radius 2 is 2.13 bits per heavy atom. The van der Waals surface area contributed by atoms with Crippen LogP contribution in [0.25, 0.3) is 0 Å². The third-order valence-electron chi connectivity index (χ3n) is 3.72. The first-order chi connectivity index (χ1) is 10.6. The summed E-state index contributed by atoms with van der Waals surface area (Å²) < 4.78 is 38.2. The van der Waals surface area contributed by atoms with E-state index in [1.165, 1.54) is 6.92 Å². The summed E-state index contributed by atoms with van der Waals surface area (Å²) in [5.41, 5.74) is -0.857. The van der Waals surface area contributed by atoms with Gasteiger partial charge in [-0.3, -0.25) is 4.79 Å². The second-order valence-corrected chi connectivity index (χ2v) is 6.40. The Bertz CT molecular complexity index is 581. The van der Waals surface area contributed by atoms with Crippen LogP contribution in [0.3, 0.4) is 0 Å². The van der Waals surface area contributed by atoms with E-state index in [1.807, 2.05) is 13.8 Å². The number of hydrogen-bond donors (Lipinski definition) is 1. The van der Waals surface area contributed by atoms with E-state index in [9.17, 15) is 18.0 Å². The highest BCUT2D eigenvalue weighted by atomic mass is 35.5. The maximum absolute atomic E-state index is 12.7. The van der Waals surface area contributed by atoms with Crippen LogP contribution in [0.15, 0.2) is 6.07 Å². The molecular formula is C15H19ClF3N3O. The molecule has 1 atom stereocenters. The fourth-order valence-corrected chi connectivity index (χ4v) is 3.07. The molecule has 0 saturated carbocycles. The monoisotopic (exact) mass is 349 g/mol. The van der Waals surface area contributed by atoms with Crippen LogP contribution in [0.2, 0.25) is 5.15 Å². The van der Waals surface area contributed by atoms with Crippen molar-refractivity contribution in [3.8, 4) is 0 Å². The molecule has 0 bridgehead atoms. The normalized spacial score (nSPS) is 18.8. The molecule has 0 aliphatic carbocycles. The lowest BCUT2D eigenvalue weighted by molar-refractivity contribution is -0.141. The summed E-state index contributed by atoms with van der Waals surface area (Å²) in [6.07, 6.45) is -3.79. The SMILES string of the molecule is Cc1cc(C(F)(F)F)nc(Cl)c1C(=O)N1CCC(NC(C)C)C1. The number of alkyl halides is 3. The minimum absolute atomic E-state index is 0.0462. The zero-order chi connectivity index (χ0) is 17.4. The van der Waals surface area contributed by atoms with Crippen molar-refractivity contribution < 1.29 is 18.0 Å². The van der Waals surface area contributed by atoms with Gasteiger partial charge in [0.05, 0.1) is 5.56 Å². The van der Waals surface area contributed by atoms with E-state index in [0.717, 1.165) is 12.5 Å². The Morgan fingerprint density at radius 3 is 2.65 bits per heavy atom. The molecule has 4 nitrogen and oxygen atoms in total. The van der Waals surface area contributed by atoms with Crippen LogP contribution in [0.4, 0.5) is 13.2 Å². The molecule has 0 spiro atoms. The summed E-state index contributed by atoms with van der Waals surface area (Å²) in [4.78, 5) is 17.5. The molecule has 23 heavy (non-hydrogen) atoms. The zero-order valence-corrected chi connectivity index (χ0v) is 13.9. The van der Waals surface area contributed by atoms with Crippen molar-refractivity contribution in [2.24, 2.45) is 0 Å². The van der Waals surface area contributed by atoms with E-state index in [2.05, 4.69) is 10.3 Å². The van der Waals surface area contributed by atoms with Gasteiger partial charge in [0.2, 0.25) is 0 Å². The van der Waals surface area contributed by atoms with Gasteiger partial charge in [0.25, 0.3) is 5.91 Å². The van der Waals surface area contributed by atoms with Gasteiger partial charge in [-0.1, -0.05) is 25.4 Å². The molecule has 0 aromatic carbocycles. The van der Waals surface area contributed by atoms with Crippen LogP contribution in [0.1, 0.15) is 41.9 Å². The van der Waals surface area contributed by atoms with Crippen LogP contribution < -0.4 is 5.32 Å². The van der Waals surface area contributed by atoms with E-state index in [0.29, 0.717) is 19.1 Å². The Kier molecular flexibility index (Phi) is 5.20. The highest BCUT2D eigenvalue weighted by Gasteiger charge is 2.35. The predicted octanol–water partition coefficient (Wildman–Crippen LogP) is 3.27. The standard InChI is InChI=1S/C15H19ClF3N3O/c1-8(2)20-10-4-5-22(7-10)14(23)12-9(3)6-11(15(17,18)19)21-13(12)16/h6,8,10,20H,4-5,7H2,1-3H3. The van der Waals surface area contributed by atoms with Crippen molar-refractivity contribution in [3.05, 3.63) is 28.0 Å². The Morgan fingerprint density at radius 1 is 1.48 bits per heavy atom. The lowest BCUT2D eigenvalue weighted by Gasteiger charge is -2.20. The molecule has 1 aliphatic heterocycles. The van der Waals surface area contributed by atoms with E-state index in [4.69, 9.17) is 11.6 Å². The topological polar surface area (TPSA) is 45.2 Å². The molecule has 2 heterocycles. The number of hydrogen-bond acceptors (Lipinski definition) is 3. The van der Waals surface area contributed by atoms with Crippen molar-refractivity contribution in [2.45, 2.75) is 45.5 Å². The Balaban J connectivity index is 2.21. The molecule has 1 saturated heterocycles. The van der Waals surface area contributed by atoms with Crippen molar-refractivity contribution in [1.29, 1.82) is 0 Å². The van der Waals surface area contributed by atoms with Gasteiger partial charge in [-0.25, -0.2) is 4.98 Å². The first-order valence-electron chi connectivity index (χ1n) is 7.39. The van der Waals surface area contributed by atoms with Crippen molar-refractivity contribution in [3.63, 3.8) is 0 Å². The Hall–Kier alpha value is -1.34. The number of carbonyl (C=O) groups excluding carboxylic acids is 1. The van der Waals surface area contributed by atoms with E-state index < -0.39 is 17.0 Å². The van der Waals surface area contributed by atoms with Gasteiger partial charge in [-0.2, -0.15) is 13.2 Å². The summed E-state index contributed by atoms with van der Waals surface area (Å²) in [7, 11) is 0. The Labute approximate surface area is 138 Å². The molecule has 1 unspecified atom stereocenters. The van der Waals surface area contributed by atoms with Gasteiger partial charge >= 0.3 is 6.18 Å². The van der Waals surface area contributed by atoms with Crippen LogP contribution in [0.5, 0.6) is 0 Å². The van der Waals surface area contributed by atoms with Crippen molar-refractivity contribution in [1.82, 2.24) is 15.2 Å². The first-order valence-corrected chi connectivity index (χ1v) is 7.77. The lowest BCUT2D eigenvalue weighted by Crippen LogP contribution is -2.38. The van der Waals surface area contributed by atoms with Gasteiger partial charge < -0.3 is 10.2 Å². The maximum atomic E-state index is 12.7. The first kappa shape index (κ1) is 18.0. The van der Waals surface area contributed by atoms with Gasteiger partial charge in [0.15, 0.2) is 0 Å². The van der Waals surface area contributed by atoms with Crippen molar-refractivity contribution in [2.75, 3.05) is 13.1 Å². The van der Waals surface area contributed by atoms with Gasteiger partial charge in [0.1, 0.15) is 10.8 Å². The number of halogens is 4. The fourth-order valence-electron chi connectivity index (χ4n) is 2.75. The fraction of sp³-hybridized carbons (Fsp3) is 0.600. The number of amides is 1. The highest BCUT2D eigenvalue weighted by Crippen LogP contribution is 2.32. The largest absolute Gasteiger partial charge is 0.433 e. The van der Waals surface area contributed by atoms with Crippen LogP contribution in [0, 0.1) is 6.92 Å². The van der Waals surface area contributed by atoms with E-state index >= 15 is 0 Å². The smallest absolute Gasteiger partial charge is 0.337 e. The van der Waals surface area contributed by atoms with Gasteiger partial charge in [-0.05, 0) is 25.0 Å². The number of aromatic nitrogens is 1. The van der Waals surface area contributed by atoms with Crippen LogP contribution in [-0.2, 0) is 6.18 Å². The molecule has 1 N–H and O–H groups in total. The van der Waals surface area contributed by atoms with Gasteiger partial charge in [0, 0.05) is 25.2 Å².